The normalized spacial score (nSPS) is 16.6. The molecule has 1 fully saturated rings. The fourth-order valence-electron chi connectivity index (χ4n) is 2.39. The smallest absolute Gasteiger partial charge is 0.114 e. The van der Waals surface area contributed by atoms with Gasteiger partial charge in [0.15, 0.2) is 0 Å². The Morgan fingerprint density at radius 1 is 1.25 bits per heavy atom. The topological polar surface area (TPSA) is 24.9 Å². The minimum absolute atomic E-state index is 0.251. The highest BCUT2D eigenvalue weighted by Gasteiger charge is 2.28. The van der Waals surface area contributed by atoms with E-state index in [0.29, 0.717) is 12.0 Å². The number of rotatable bonds is 5. The lowest BCUT2D eigenvalue weighted by Crippen LogP contribution is -2.25. The maximum absolute atomic E-state index is 4.86. The number of benzene rings is 1. The number of aryl methyl sites for hydroxylation is 1. The average molecular weight is 286 g/mol. The van der Waals surface area contributed by atoms with E-state index >= 15 is 0 Å². The second-order valence-electron chi connectivity index (χ2n) is 6.00. The molecule has 1 atom stereocenters. The number of hydrogen-bond donors (Lipinski definition) is 1. The summed E-state index contributed by atoms with van der Waals surface area (Å²) in [6.45, 7) is 6.60. The Morgan fingerprint density at radius 3 is 2.60 bits per heavy atom. The molecule has 1 saturated carbocycles. The first-order valence-corrected chi connectivity index (χ1v) is 8.30. The molecule has 1 heterocycles. The zero-order valence-corrected chi connectivity index (χ0v) is 13.2. The summed E-state index contributed by atoms with van der Waals surface area (Å²) >= 11 is 1.79. The molecule has 1 aromatic carbocycles. The highest BCUT2D eigenvalue weighted by Crippen LogP contribution is 2.32. The van der Waals surface area contributed by atoms with Gasteiger partial charge < -0.3 is 5.32 Å². The molecule has 0 aliphatic heterocycles. The Morgan fingerprint density at radius 2 is 2.00 bits per heavy atom. The van der Waals surface area contributed by atoms with Crippen LogP contribution in [-0.4, -0.2) is 11.0 Å². The largest absolute Gasteiger partial charge is 0.301 e. The minimum Gasteiger partial charge on any atom is -0.301 e. The van der Waals surface area contributed by atoms with Crippen molar-refractivity contribution in [3.05, 3.63) is 51.5 Å². The summed E-state index contributed by atoms with van der Waals surface area (Å²) in [6, 6.07) is 9.57. The highest BCUT2D eigenvalue weighted by molar-refractivity contribution is 7.09. The molecule has 0 radical (unpaired) electrons. The first-order valence-electron chi connectivity index (χ1n) is 7.42. The first-order chi connectivity index (χ1) is 9.65. The van der Waals surface area contributed by atoms with Crippen molar-refractivity contribution >= 4 is 11.3 Å². The van der Waals surface area contributed by atoms with Gasteiger partial charge in [-0.15, -0.1) is 11.3 Å². The molecule has 3 heteroatoms. The molecule has 1 aromatic heterocycles. The van der Waals surface area contributed by atoms with Gasteiger partial charge in [0.1, 0.15) is 5.01 Å². The molecule has 0 spiro atoms. The van der Waals surface area contributed by atoms with E-state index in [2.05, 4.69) is 55.7 Å². The van der Waals surface area contributed by atoms with Crippen molar-refractivity contribution < 1.29 is 0 Å². The van der Waals surface area contributed by atoms with Gasteiger partial charge in [0.05, 0.1) is 11.7 Å². The first kappa shape index (κ1) is 13.8. The van der Waals surface area contributed by atoms with Crippen LogP contribution in [0.2, 0.25) is 0 Å². The van der Waals surface area contributed by atoms with Gasteiger partial charge in [-0.05, 0) is 36.8 Å². The van der Waals surface area contributed by atoms with Crippen molar-refractivity contribution in [1.29, 1.82) is 0 Å². The molecule has 20 heavy (non-hydrogen) atoms. The van der Waals surface area contributed by atoms with Crippen LogP contribution in [0.15, 0.2) is 29.6 Å². The van der Waals surface area contributed by atoms with E-state index in [1.807, 2.05) is 0 Å². The van der Waals surface area contributed by atoms with E-state index in [1.54, 1.807) is 11.3 Å². The van der Waals surface area contributed by atoms with E-state index in [4.69, 9.17) is 4.98 Å². The molecule has 1 N–H and O–H groups in total. The van der Waals surface area contributed by atoms with Crippen LogP contribution in [-0.2, 0) is 0 Å². The van der Waals surface area contributed by atoms with E-state index in [0.717, 1.165) is 0 Å². The van der Waals surface area contributed by atoms with Crippen molar-refractivity contribution in [3.63, 3.8) is 0 Å². The number of thiazole rings is 1. The third-order valence-electron chi connectivity index (χ3n) is 3.86. The quantitative estimate of drug-likeness (QED) is 0.880. The number of aromatic nitrogens is 1. The fourth-order valence-corrected chi connectivity index (χ4v) is 3.44. The maximum Gasteiger partial charge on any atom is 0.114 e. The summed E-state index contributed by atoms with van der Waals surface area (Å²) < 4.78 is 0. The zero-order chi connectivity index (χ0) is 14.1. The molecule has 0 amide bonds. The molecule has 0 bridgehead atoms. The molecule has 1 aliphatic carbocycles. The van der Waals surface area contributed by atoms with Crippen molar-refractivity contribution in [2.45, 2.75) is 51.6 Å². The van der Waals surface area contributed by atoms with Crippen LogP contribution in [0.4, 0.5) is 0 Å². The van der Waals surface area contributed by atoms with E-state index in [9.17, 15) is 0 Å². The summed E-state index contributed by atoms with van der Waals surface area (Å²) in [7, 11) is 0. The van der Waals surface area contributed by atoms with E-state index < -0.39 is 0 Å². The summed E-state index contributed by atoms with van der Waals surface area (Å²) in [4.78, 5) is 4.86. The van der Waals surface area contributed by atoms with Crippen LogP contribution in [0.5, 0.6) is 0 Å². The van der Waals surface area contributed by atoms with Crippen LogP contribution in [0.25, 0.3) is 0 Å². The molecule has 2 nitrogen and oxygen atoms in total. The predicted octanol–water partition coefficient (Wildman–Crippen LogP) is 4.42. The summed E-state index contributed by atoms with van der Waals surface area (Å²) in [5.41, 5.74) is 3.91. The van der Waals surface area contributed by atoms with Crippen molar-refractivity contribution in [2.24, 2.45) is 0 Å². The second kappa shape index (κ2) is 5.66. The molecule has 106 valence electrons. The van der Waals surface area contributed by atoms with Crippen LogP contribution < -0.4 is 5.32 Å². The minimum atomic E-state index is 0.251. The van der Waals surface area contributed by atoms with Gasteiger partial charge >= 0.3 is 0 Å². The molecule has 0 saturated heterocycles. The third kappa shape index (κ3) is 2.94. The Balaban J connectivity index is 1.94. The summed E-state index contributed by atoms with van der Waals surface area (Å²) in [6.07, 6.45) is 2.59. The maximum atomic E-state index is 4.86. The number of hydrogen-bond acceptors (Lipinski definition) is 3. The lowest BCUT2D eigenvalue weighted by atomic mass is 10.0. The van der Waals surface area contributed by atoms with E-state index in [-0.39, 0.29) is 6.04 Å². The van der Waals surface area contributed by atoms with Gasteiger partial charge in [-0.25, -0.2) is 4.98 Å². The predicted molar refractivity (Wildman–Crippen MR) is 85.4 cm³/mol. The third-order valence-corrected chi connectivity index (χ3v) is 4.79. The summed E-state index contributed by atoms with van der Waals surface area (Å²) in [5, 5.41) is 7.18. The SMILES string of the molecule is Cc1ccccc1C(NC1CC1)c1nc(C(C)C)cs1. The van der Waals surface area contributed by atoms with E-state index in [1.165, 1.54) is 34.7 Å². The van der Waals surface area contributed by atoms with Gasteiger partial charge in [-0.1, -0.05) is 38.1 Å². The molecular weight excluding hydrogens is 264 g/mol. The standard InChI is InChI=1S/C17H22N2S/c1-11(2)15-10-20-17(19-15)16(18-13-8-9-13)14-7-5-4-6-12(14)3/h4-7,10-11,13,16,18H,8-9H2,1-3H3. The van der Waals surface area contributed by atoms with Crippen molar-refractivity contribution in [3.8, 4) is 0 Å². The van der Waals surface area contributed by atoms with Gasteiger partial charge in [0.2, 0.25) is 0 Å². The molecule has 2 aromatic rings. The van der Waals surface area contributed by atoms with Crippen LogP contribution in [0, 0.1) is 6.92 Å². The van der Waals surface area contributed by atoms with Gasteiger partial charge in [-0.3, -0.25) is 0 Å². The Bertz CT molecular complexity index is 584. The average Bonchev–Trinajstić information content (AvgIpc) is 3.11. The van der Waals surface area contributed by atoms with Gasteiger partial charge in [-0.2, -0.15) is 0 Å². The molecule has 1 aliphatic rings. The lowest BCUT2D eigenvalue weighted by Gasteiger charge is -2.19. The Hall–Kier alpha value is -1.19. The Labute approximate surface area is 125 Å². The van der Waals surface area contributed by atoms with Crippen LogP contribution in [0.3, 0.4) is 0 Å². The van der Waals surface area contributed by atoms with Gasteiger partial charge in [0, 0.05) is 11.4 Å². The summed E-state index contributed by atoms with van der Waals surface area (Å²) in [5.74, 6) is 0.499. The molecular formula is C17H22N2S. The second-order valence-corrected chi connectivity index (χ2v) is 6.89. The van der Waals surface area contributed by atoms with Gasteiger partial charge in [0.25, 0.3) is 0 Å². The zero-order valence-electron chi connectivity index (χ0n) is 12.4. The monoisotopic (exact) mass is 286 g/mol. The lowest BCUT2D eigenvalue weighted by molar-refractivity contribution is 0.593. The van der Waals surface area contributed by atoms with Crippen molar-refractivity contribution in [2.75, 3.05) is 0 Å². The number of nitrogens with one attached hydrogen (secondary N) is 1. The van der Waals surface area contributed by atoms with Crippen LogP contribution in [0.1, 0.15) is 60.5 Å². The molecule has 3 rings (SSSR count). The number of nitrogens with zero attached hydrogens (tertiary/aromatic N) is 1. The van der Waals surface area contributed by atoms with Crippen LogP contribution >= 0.6 is 11.3 Å². The molecule has 1 unspecified atom stereocenters. The Kier molecular flexibility index (Phi) is 3.90. The van der Waals surface area contributed by atoms with Crippen molar-refractivity contribution in [1.82, 2.24) is 10.3 Å². The fraction of sp³-hybridized carbons (Fsp3) is 0.471. The highest BCUT2D eigenvalue weighted by atomic mass is 32.1.